The molecule has 0 saturated carbocycles. The fourth-order valence-electron chi connectivity index (χ4n) is 2.17. The molecular formula is C18H20N2O3S. The Morgan fingerprint density at radius 2 is 1.83 bits per heavy atom. The van der Waals surface area contributed by atoms with E-state index in [0.29, 0.717) is 24.4 Å². The highest BCUT2D eigenvalue weighted by atomic mass is 32.1. The number of ether oxygens (including phenoxy) is 1. The summed E-state index contributed by atoms with van der Waals surface area (Å²) in [5, 5.41) is 12.2. The largest absolute Gasteiger partial charge is 0.497 e. The van der Waals surface area contributed by atoms with Gasteiger partial charge in [0.25, 0.3) is 5.91 Å². The van der Waals surface area contributed by atoms with Gasteiger partial charge < -0.3 is 14.7 Å². The second-order valence-electron chi connectivity index (χ2n) is 5.12. The number of rotatable bonds is 6. The van der Waals surface area contributed by atoms with Crippen molar-refractivity contribution >= 4 is 23.2 Å². The van der Waals surface area contributed by atoms with E-state index in [9.17, 15) is 9.90 Å². The topological polar surface area (TPSA) is 61.8 Å². The molecule has 6 heteroatoms. The van der Waals surface area contributed by atoms with Gasteiger partial charge in [-0.1, -0.05) is 30.3 Å². The van der Waals surface area contributed by atoms with Crippen molar-refractivity contribution in [2.24, 2.45) is 0 Å². The smallest absolute Gasteiger partial charge is 0.257 e. The van der Waals surface area contributed by atoms with E-state index in [0.717, 1.165) is 5.56 Å². The molecule has 2 N–H and O–H groups in total. The fraction of sp³-hybridized carbons (Fsp3) is 0.222. The Labute approximate surface area is 146 Å². The molecule has 0 aliphatic carbocycles. The molecule has 0 aromatic heterocycles. The number of nitrogens with one attached hydrogen (secondary N) is 1. The summed E-state index contributed by atoms with van der Waals surface area (Å²) in [5.74, 6) is 0.388. The first-order valence-corrected chi connectivity index (χ1v) is 7.94. The van der Waals surface area contributed by atoms with Gasteiger partial charge in [-0.05, 0) is 42.0 Å². The summed E-state index contributed by atoms with van der Waals surface area (Å²) in [6.45, 7) is 0.811. The first-order valence-electron chi connectivity index (χ1n) is 7.53. The molecule has 0 fully saturated rings. The van der Waals surface area contributed by atoms with Gasteiger partial charge in [-0.2, -0.15) is 0 Å². The summed E-state index contributed by atoms with van der Waals surface area (Å²) in [6.07, 6.45) is 0. The molecule has 0 radical (unpaired) electrons. The van der Waals surface area contributed by atoms with Crippen molar-refractivity contribution < 1.29 is 14.6 Å². The lowest BCUT2D eigenvalue weighted by atomic mass is 10.2. The van der Waals surface area contributed by atoms with E-state index < -0.39 is 0 Å². The number of aliphatic hydroxyl groups excluding tert-OH is 1. The van der Waals surface area contributed by atoms with Crippen molar-refractivity contribution in [1.29, 1.82) is 0 Å². The lowest BCUT2D eigenvalue weighted by molar-refractivity contribution is 0.0971. The van der Waals surface area contributed by atoms with E-state index in [4.69, 9.17) is 17.0 Å². The van der Waals surface area contributed by atoms with Crippen LogP contribution in [-0.4, -0.2) is 41.3 Å². The molecule has 1 amide bonds. The highest BCUT2D eigenvalue weighted by Gasteiger charge is 2.14. The van der Waals surface area contributed by atoms with Crippen molar-refractivity contribution in [2.75, 3.05) is 20.3 Å². The number of amides is 1. The quantitative estimate of drug-likeness (QED) is 0.787. The second kappa shape index (κ2) is 9.00. The van der Waals surface area contributed by atoms with Crippen LogP contribution in [0, 0.1) is 0 Å². The zero-order valence-electron chi connectivity index (χ0n) is 13.4. The zero-order valence-corrected chi connectivity index (χ0v) is 14.3. The Morgan fingerprint density at radius 1 is 1.17 bits per heavy atom. The summed E-state index contributed by atoms with van der Waals surface area (Å²) >= 11 is 5.32. The Morgan fingerprint density at radius 3 is 2.42 bits per heavy atom. The first-order chi connectivity index (χ1) is 11.6. The number of benzene rings is 2. The standard InChI is InChI=1S/C18H20N2O3S/c1-23-16-9-7-15(8-10-16)17(22)19-18(24)20(11-12-21)13-14-5-3-2-4-6-14/h2-10,21H,11-13H2,1H3,(H,19,22,24). The SMILES string of the molecule is COc1ccc(C(=O)NC(=S)N(CCO)Cc2ccccc2)cc1. The Balaban J connectivity index is 2.02. The summed E-state index contributed by atoms with van der Waals surface area (Å²) < 4.78 is 5.07. The van der Waals surface area contributed by atoms with Crippen LogP contribution in [0.3, 0.4) is 0 Å². The number of carbonyl (C=O) groups excluding carboxylic acids is 1. The Kier molecular flexibility index (Phi) is 6.72. The van der Waals surface area contributed by atoms with Crippen LogP contribution in [0.2, 0.25) is 0 Å². The van der Waals surface area contributed by atoms with Crippen molar-refractivity contribution in [2.45, 2.75) is 6.54 Å². The molecule has 0 bridgehead atoms. The Bertz CT molecular complexity index is 674. The maximum Gasteiger partial charge on any atom is 0.257 e. The van der Waals surface area contributed by atoms with Crippen molar-refractivity contribution in [3.05, 3.63) is 65.7 Å². The normalized spacial score (nSPS) is 10.1. The van der Waals surface area contributed by atoms with E-state index in [1.807, 2.05) is 30.3 Å². The maximum atomic E-state index is 12.3. The predicted molar refractivity (Wildman–Crippen MR) is 97.0 cm³/mol. The monoisotopic (exact) mass is 344 g/mol. The summed E-state index contributed by atoms with van der Waals surface area (Å²) in [5.41, 5.74) is 1.54. The number of hydrogen-bond donors (Lipinski definition) is 2. The van der Waals surface area contributed by atoms with Gasteiger partial charge in [0.1, 0.15) is 5.75 Å². The van der Waals surface area contributed by atoms with E-state index >= 15 is 0 Å². The van der Waals surface area contributed by atoms with E-state index in [-0.39, 0.29) is 17.6 Å². The minimum absolute atomic E-state index is 0.0502. The molecule has 0 spiro atoms. The third-order valence-electron chi connectivity index (χ3n) is 3.45. The molecular weight excluding hydrogens is 324 g/mol. The fourth-order valence-corrected chi connectivity index (χ4v) is 2.42. The highest BCUT2D eigenvalue weighted by molar-refractivity contribution is 7.80. The van der Waals surface area contributed by atoms with Crippen LogP contribution in [0.15, 0.2) is 54.6 Å². The second-order valence-corrected chi connectivity index (χ2v) is 5.51. The van der Waals surface area contributed by atoms with Crippen molar-refractivity contribution in [3.8, 4) is 5.75 Å². The Hall–Kier alpha value is -2.44. The van der Waals surface area contributed by atoms with Gasteiger partial charge in [0.2, 0.25) is 0 Å². The third kappa shape index (κ3) is 5.04. The molecule has 2 aromatic rings. The number of thiocarbonyl (C=S) groups is 1. The number of methoxy groups -OCH3 is 1. The molecule has 2 aromatic carbocycles. The van der Waals surface area contributed by atoms with Crippen LogP contribution in [0.25, 0.3) is 0 Å². The number of hydrogen-bond acceptors (Lipinski definition) is 4. The van der Waals surface area contributed by atoms with Crippen LogP contribution in [0.1, 0.15) is 15.9 Å². The lowest BCUT2D eigenvalue weighted by Gasteiger charge is -2.24. The molecule has 2 rings (SSSR count). The first kappa shape index (κ1) is 17.9. The summed E-state index contributed by atoms with van der Waals surface area (Å²) in [7, 11) is 1.57. The van der Waals surface area contributed by atoms with Gasteiger partial charge in [0.05, 0.1) is 13.7 Å². The molecule has 0 saturated heterocycles. The summed E-state index contributed by atoms with van der Waals surface area (Å²) in [4.78, 5) is 14.0. The van der Waals surface area contributed by atoms with E-state index in [1.165, 1.54) is 0 Å². The molecule has 0 atom stereocenters. The van der Waals surface area contributed by atoms with Gasteiger partial charge in [-0.15, -0.1) is 0 Å². The van der Waals surface area contributed by atoms with Crippen LogP contribution in [0.4, 0.5) is 0 Å². The highest BCUT2D eigenvalue weighted by Crippen LogP contribution is 2.11. The molecule has 5 nitrogen and oxygen atoms in total. The zero-order chi connectivity index (χ0) is 17.4. The van der Waals surface area contributed by atoms with Gasteiger partial charge in [0.15, 0.2) is 5.11 Å². The van der Waals surface area contributed by atoms with Gasteiger partial charge in [-0.3, -0.25) is 10.1 Å². The molecule has 0 aliphatic rings. The minimum Gasteiger partial charge on any atom is -0.497 e. The lowest BCUT2D eigenvalue weighted by Crippen LogP contribution is -2.43. The van der Waals surface area contributed by atoms with E-state index in [2.05, 4.69) is 5.32 Å². The van der Waals surface area contributed by atoms with Gasteiger partial charge in [0, 0.05) is 18.7 Å². The molecule has 0 aliphatic heterocycles. The maximum absolute atomic E-state index is 12.3. The number of aliphatic hydroxyl groups is 1. The van der Waals surface area contributed by atoms with E-state index in [1.54, 1.807) is 36.3 Å². The average Bonchev–Trinajstić information content (AvgIpc) is 2.62. The third-order valence-corrected chi connectivity index (χ3v) is 3.81. The van der Waals surface area contributed by atoms with Gasteiger partial charge in [-0.25, -0.2) is 0 Å². The van der Waals surface area contributed by atoms with Crippen LogP contribution >= 0.6 is 12.2 Å². The number of nitrogens with zero attached hydrogens (tertiary/aromatic N) is 1. The van der Waals surface area contributed by atoms with Gasteiger partial charge >= 0.3 is 0 Å². The molecule has 24 heavy (non-hydrogen) atoms. The number of carbonyl (C=O) groups is 1. The average molecular weight is 344 g/mol. The van der Waals surface area contributed by atoms with Crippen LogP contribution in [-0.2, 0) is 6.54 Å². The predicted octanol–water partition coefficient (Wildman–Crippen LogP) is 2.20. The van der Waals surface area contributed by atoms with Crippen molar-refractivity contribution in [3.63, 3.8) is 0 Å². The van der Waals surface area contributed by atoms with Crippen LogP contribution in [0.5, 0.6) is 5.75 Å². The van der Waals surface area contributed by atoms with Crippen LogP contribution < -0.4 is 10.1 Å². The van der Waals surface area contributed by atoms with Crippen molar-refractivity contribution in [1.82, 2.24) is 10.2 Å². The minimum atomic E-state index is -0.293. The summed E-state index contributed by atoms with van der Waals surface area (Å²) in [6, 6.07) is 16.5. The molecule has 126 valence electrons. The molecule has 0 unspecified atom stereocenters. The molecule has 0 heterocycles.